The SMILES string of the molecule is COC1CCN(C(=O)Cc2c[nH]c3ccccc23)c2ccccc21. The molecule has 1 aliphatic heterocycles. The van der Waals surface area contributed by atoms with E-state index in [1.54, 1.807) is 7.11 Å². The van der Waals surface area contributed by atoms with Gasteiger partial charge in [0.25, 0.3) is 0 Å². The minimum atomic E-state index is 0.0679. The third kappa shape index (κ3) is 2.49. The van der Waals surface area contributed by atoms with Crippen molar-refractivity contribution in [2.24, 2.45) is 0 Å². The summed E-state index contributed by atoms with van der Waals surface area (Å²) < 4.78 is 5.57. The Labute approximate surface area is 141 Å². The molecule has 1 atom stereocenters. The summed E-state index contributed by atoms with van der Waals surface area (Å²) in [6.45, 7) is 0.691. The molecule has 4 heteroatoms. The lowest BCUT2D eigenvalue weighted by atomic mass is 9.98. The minimum Gasteiger partial charge on any atom is -0.377 e. The second-order valence-electron chi connectivity index (χ2n) is 6.15. The van der Waals surface area contributed by atoms with Crippen LogP contribution in [0, 0.1) is 0 Å². The average Bonchev–Trinajstić information content (AvgIpc) is 3.03. The molecule has 4 nitrogen and oxygen atoms in total. The number of methoxy groups -OCH3 is 1. The van der Waals surface area contributed by atoms with E-state index in [-0.39, 0.29) is 12.0 Å². The van der Waals surface area contributed by atoms with Gasteiger partial charge in [-0.2, -0.15) is 0 Å². The number of H-pyrrole nitrogens is 1. The van der Waals surface area contributed by atoms with Crippen molar-refractivity contribution < 1.29 is 9.53 Å². The molecule has 1 aromatic heterocycles. The Morgan fingerprint density at radius 2 is 2.00 bits per heavy atom. The molecule has 4 rings (SSSR count). The van der Waals surface area contributed by atoms with Gasteiger partial charge in [-0.3, -0.25) is 4.79 Å². The monoisotopic (exact) mass is 320 g/mol. The van der Waals surface area contributed by atoms with Crippen LogP contribution in [0.3, 0.4) is 0 Å². The number of nitrogens with one attached hydrogen (secondary N) is 1. The van der Waals surface area contributed by atoms with Crippen molar-refractivity contribution in [3.63, 3.8) is 0 Å². The number of carbonyl (C=O) groups is 1. The first-order valence-electron chi connectivity index (χ1n) is 8.25. The van der Waals surface area contributed by atoms with E-state index in [0.29, 0.717) is 13.0 Å². The van der Waals surface area contributed by atoms with Gasteiger partial charge in [-0.05, 0) is 24.1 Å². The Morgan fingerprint density at radius 1 is 1.21 bits per heavy atom. The predicted octanol–water partition coefficient (Wildman–Crippen LogP) is 3.83. The summed E-state index contributed by atoms with van der Waals surface area (Å²) in [4.78, 5) is 18.1. The van der Waals surface area contributed by atoms with Gasteiger partial charge in [-0.25, -0.2) is 0 Å². The normalized spacial score (nSPS) is 17.0. The van der Waals surface area contributed by atoms with Crippen molar-refractivity contribution in [3.05, 3.63) is 65.9 Å². The van der Waals surface area contributed by atoms with Crippen molar-refractivity contribution in [1.29, 1.82) is 0 Å². The minimum absolute atomic E-state index is 0.0679. The molecular formula is C20H20N2O2. The molecule has 24 heavy (non-hydrogen) atoms. The molecule has 0 saturated heterocycles. The molecule has 1 N–H and O–H groups in total. The van der Waals surface area contributed by atoms with Crippen molar-refractivity contribution in [3.8, 4) is 0 Å². The predicted molar refractivity (Wildman–Crippen MR) is 95.2 cm³/mol. The highest BCUT2D eigenvalue weighted by molar-refractivity contribution is 5.98. The Balaban J connectivity index is 1.63. The fourth-order valence-corrected chi connectivity index (χ4v) is 3.57. The number of aromatic amines is 1. The van der Waals surface area contributed by atoms with E-state index >= 15 is 0 Å². The van der Waals surface area contributed by atoms with Crippen molar-refractivity contribution in [1.82, 2.24) is 4.98 Å². The average molecular weight is 320 g/mol. The quantitative estimate of drug-likeness (QED) is 0.797. The lowest BCUT2D eigenvalue weighted by Crippen LogP contribution is -2.38. The third-order valence-corrected chi connectivity index (χ3v) is 4.79. The molecule has 1 unspecified atom stereocenters. The first-order valence-corrected chi connectivity index (χ1v) is 8.25. The molecule has 0 spiro atoms. The fraction of sp³-hybridized carbons (Fsp3) is 0.250. The molecule has 1 amide bonds. The number of nitrogens with zero attached hydrogens (tertiary/aromatic N) is 1. The Bertz CT molecular complexity index is 884. The Morgan fingerprint density at radius 3 is 2.88 bits per heavy atom. The maximum Gasteiger partial charge on any atom is 0.231 e. The summed E-state index contributed by atoms with van der Waals surface area (Å²) in [5, 5.41) is 1.12. The molecule has 3 aromatic rings. The van der Waals surface area contributed by atoms with Gasteiger partial charge in [0.2, 0.25) is 5.91 Å². The van der Waals surface area contributed by atoms with E-state index in [1.807, 2.05) is 47.5 Å². The third-order valence-electron chi connectivity index (χ3n) is 4.79. The van der Waals surface area contributed by atoms with E-state index in [0.717, 1.165) is 34.1 Å². The second kappa shape index (κ2) is 6.13. The van der Waals surface area contributed by atoms with Gasteiger partial charge in [0.05, 0.1) is 12.5 Å². The lowest BCUT2D eigenvalue weighted by Gasteiger charge is -2.33. The maximum atomic E-state index is 12.9. The molecule has 2 aromatic carbocycles. The van der Waals surface area contributed by atoms with Crippen LogP contribution >= 0.6 is 0 Å². The van der Waals surface area contributed by atoms with Gasteiger partial charge in [0, 0.05) is 42.0 Å². The number of para-hydroxylation sites is 2. The molecule has 0 radical (unpaired) electrons. The molecule has 0 bridgehead atoms. The summed E-state index contributed by atoms with van der Waals surface area (Å²) in [6.07, 6.45) is 3.23. The highest BCUT2D eigenvalue weighted by Crippen LogP contribution is 2.35. The van der Waals surface area contributed by atoms with Crippen molar-refractivity contribution >= 4 is 22.5 Å². The molecule has 122 valence electrons. The zero-order valence-corrected chi connectivity index (χ0v) is 13.7. The molecular weight excluding hydrogens is 300 g/mol. The van der Waals surface area contributed by atoms with Crippen LogP contribution in [-0.2, 0) is 16.0 Å². The smallest absolute Gasteiger partial charge is 0.231 e. The van der Waals surface area contributed by atoms with Gasteiger partial charge in [-0.1, -0.05) is 36.4 Å². The number of anilines is 1. The van der Waals surface area contributed by atoms with Gasteiger partial charge >= 0.3 is 0 Å². The number of ether oxygens (including phenoxy) is 1. The van der Waals surface area contributed by atoms with Crippen LogP contribution in [0.2, 0.25) is 0 Å². The van der Waals surface area contributed by atoms with Crippen molar-refractivity contribution in [2.45, 2.75) is 18.9 Å². The van der Waals surface area contributed by atoms with E-state index < -0.39 is 0 Å². The largest absolute Gasteiger partial charge is 0.377 e. The van der Waals surface area contributed by atoms with E-state index in [4.69, 9.17) is 4.74 Å². The molecule has 0 saturated carbocycles. The topological polar surface area (TPSA) is 45.3 Å². The zero-order valence-electron chi connectivity index (χ0n) is 13.7. The number of hydrogen-bond acceptors (Lipinski definition) is 2. The van der Waals surface area contributed by atoms with Crippen LogP contribution in [0.25, 0.3) is 10.9 Å². The van der Waals surface area contributed by atoms with Crippen LogP contribution in [0.5, 0.6) is 0 Å². The number of hydrogen-bond donors (Lipinski definition) is 1. The van der Waals surface area contributed by atoms with Crippen LogP contribution in [0.1, 0.15) is 23.7 Å². The number of fused-ring (bicyclic) bond motifs is 2. The van der Waals surface area contributed by atoms with Crippen molar-refractivity contribution in [2.75, 3.05) is 18.6 Å². The summed E-state index contributed by atoms with van der Waals surface area (Å²) in [5.41, 5.74) is 4.18. The highest BCUT2D eigenvalue weighted by atomic mass is 16.5. The van der Waals surface area contributed by atoms with Crippen LogP contribution < -0.4 is 4.90 Å². The van der Waals surface area contributed by atoms with Crippen LogP contribution in [0.4, 0.5) is 5.69 Å². The lowest BCUT2D eigenvalue weighted by molar-refractivity contribution is -0.118. The second-order valence-corrected chi connectivity index (χ2v) is 6.15. The number of amides is 1. The first-order chi connectivity index (χ1) is 11.8. The first kappa shape index (κ1) is 15.0. The Kier molecular flexibility index (Phi) is 3.82. The summed E-state index contributed by atoms with van der Waals surface area (Å²) in [7, 11) is 1.73. The number of carbonyl (C=O) groups excluding carboxylic acids is 1. The number of benzene rings is 2. The number of aromatic nitrogens is 1. The van der Waals surface area contributed by atoms with Gasteiger partial charge < -0.3 is 14.6 Å². The highest BCUT2D eigenvalue weighted by Gasteiger charge is 2.28. The van der Waals surface area contributed by atoms with E-state index in [9.17, 15) is 4.79 Å². The van der Waals surface area contributed by atoms with Gasteiger partial charge in [0.1, 0.15) is 0 Å². The standard InChI is InChI=1S/C20H20N2O2/c1-24-19-10-11-22(18-9-5-3-7-16(18)19)20(23)12-14-13-21-17-8-4-2-6-15(14)17/h2-9,13,19,21H,10-12H2,1H3. The maximum absolute atomic E-state index is 12.9. The van der Waals surface area contributed by atoms with E-state index in [1.165, 1.54) is 0 Å². The molecule has 0 aliphatic carbocycles. The van der Waals surface area contributed by atoms with Crippen LogP contribution in [-0.4, -0.2) is 24.5 Å². The molecule has 1 aliphatic rings. The Hall–Kier alpha value is -2.59. The van der Waals surface area contributed by atoms with Gasteiger partial charge in [0.15, 0.2) is 0 Å². The van der Waals surface area contributed by atoms with E-state index in [2.05, 4.69) is 17.1 Å². The summed E-state index contributed by atoms with van der Waals surface area (Å²) >= 11 is 0. The molecule has 0 fully saturated rings. The number of rotatable bonds is 3. The van der Waals surface area contributed by atoms with Crippen LogP contribution in [0.15, 0.2) is 54.7 Å². The summed E-state index contributed by atoms with van der Waals surface area (Å²) in [5.74, 6) is 0.127. The zero-order chi connectivity index (χ0) is 16.5. The summed E-state index contributed by atoms with van der Waals surface area (Å²) in [6, 6.07) is 16.1. The fourth-order valence-electron chi connectivity index (χ4n) is 3.57. The molecule has 2 heterocycles. The van der Waals surface area contributed by atoms with Gasteiger partial charge in [-0.15, -0.1) is 0 Å².